The van der Waals surface area contributed by atoms with Gasteiger partial charge in [-0.05, 0) is 12.8 Å². The molecule has 0 unspecified atom stereocenters. The molecule has 1 aromatic rings. The number of nitrogen functional groups attached to an aromatic ring is 1. The fourth-order valence-electron chi connectivity index (χ4n) is 1.35. The average molecular weight is 196 g/mol. The van der Waals surface area contributed by atoms with Crippen molar-refractivity contribution in [3.05, 3.63) is 11.9 Å². The molecule has 0 atom stereocenters. The Bertz CT molecular complexity index is 330. The summed E-state index contributed by atoms with van der Waals surface area (Å²) in [6.07, 6.45) is 3.36. The van der Waals surface area contributed by atoms with Crippen molar-refractivity contribution in [2.75, 3.05) is 18.9 Å². The molecule has 0 bridgehead atoms. The number of aromatic nitrogens is 2. The van der Waals surface area contributed by atoms with Gasteiger partial charge < -0.3 is 5.73 Å². The summed E-state index contributed by atoms with van der Waals surface area (Å²) in [4.78, 5) is 16.9. The highest BCUT2D eigenvalue weighted by atomic mass is 16.7. The number of nitrogens with two attached hydrogens (primary N) is 1. The van der Waals surface area contributed by atoms with Gasteiger partial charge in [0, 0.05) is 6.54 Å². The van der Waals surface area contributed by atoms with Crippen molar-refractivity contribution in [3.8, 4) is 0 Å². The number of hydrogen-bond donors (Lipinski definition) is 2. The van der Waals surface area contributed by atoms with Crippen LogP contribution in [0.3, 0.4) is 0 Å². The van der Waals surface area contributed by atoms with E-state index in [0.717, 1.165) is 12.8 Å². The molecule has 1 saturated heterocycles. The molecule has 1 amide bonds. The molecule has 1 fully saturated rings. The van der Waals surface area contributed by atoms with Crippen molar-refractivity contribution in [2.45, 2.75) is 12.8 Å². The first kappa shape index (κ1) is 9.01. The number of hydroxylamine groups is 2. The molecule has 1 aliphatic rings. The van der Waals surface area contributed by atoms with Crippen LogP contribution in [0.4, 0.5) is 5.69 Å². The number of anilines is 1. The number of H-pyrrole nitrogens is 1. The molecule has 2 rings (SSSR count). The van der Waals surface area contributed by atoms with Crippen LogP contribution in [-0.2, 0) is 4.84 Å². The summed E-state index contributed by atoms with van der Waals surface area (Å²) < 4.78 is 0. The minimum absolute atomic E-state index is 0.250. The molecule has 0 radical (unpaired) electrons. The second-order valence-corrected chi connectivity index (χ2v) is 3.15. The van der Waals surface area contributed by atoms with Crippen LogP contribution in [0.1, 0.15) is 23.3 Å². The fourth-order valence-corrected chi connectivity index (χ4v) is 1.35. The maximum absolute atomic E-state index is 11.7. The Morgan fingerprint density at radius 1 is 1.64 bits per heavy atom. The molecule has 14 heavy (non-hydrogen) atoms. The van der Waals surface area contributed by atoms with E-state index in [1.807, 2.05) is 0 Å². The molecule has 2 heterocycles. The third kappa shape index (κ3) is 1.56. The monoisotopic (exact) mass is 196 g/mol. The highest BCUT2D eigenvalue weighted by Crippen LogP contribution is 2.13. The van der Waals surface area contributed by atoms with Gasteiger partial charge in [0.1, 0.15) is 5.69 Å². The van der Waals surface area contributed by atoms with E-state index in [1.165, 1.54) is 11.3 Å². The van der Waals surface area contributed by atoms with Crippen LogP contribution in [0.25, 0.3) is 0 Å². The molecule has 1 aromatic heterocycles. The third-order valence-corrected chi connectivity index (χ3v) is 2.11. The summed E-state index contributed by atoms with van der Waals surface area (Å²) in [5.74, 6) is -0.250. The van der Waals surface area contributed by atoms with E-state index in [1.54, 1.807) is 0 Å². The first-order valence-electron chi connectivity index (χ1n) is 4.52. The predicted octanol–water partition coefficient (Wildman–Crippen LogP) is 0.159. The quantitative estimate of drug-likeness (QED) is 0.670. The van der Waals surface area contributed by atoms with Crippen molar-refractivity contribution in [2.24, 2.45) is 0 Å². The van der Waals surface area contributed by atoms with E-state index in [-0.39, 0.29) is 5.91 Å². The Morgan fingerprint density at radius 2 is 2.50 bits per heavy atom. The molecular formula is C8H12N4O2. The fraction of sp³-hybridized carbons (Fsp3) is 0.500. The number of hydrogen-bond acceptors (Lipinski definition) is 4. The summed E-state index contributed by atoms with van der Waals surface area (Å²) >= 11 is 0. The van der Waals surface area contributed by atoms with Crippen molar-refractivity contribution in [1.29, 1.82) is 0 Å². The summed E-state index contributed by atoms with van der Waals surface area (Å²) in [5.41, 5.74) is 6.20. The van der Waals surface area contributed by atoms with E-state index < -0.39 is 0 Å². The maximum atomic E-state index is 11.7. The smallest absolute Gasteiger partial charge is 0.297 e. The van der Waals surface area contributed by atoms with Crippen molar-refractivity contribution in [1.82, 2.24) is 15.3 Å². The molecule has 0 saturated carbocycles. The van der Waals surface area contributed by atoms with Crippen LogP contribution in [0, 0.1) is 0 Å². The van der Waals surface area contributed by atoms with Crippen LogP contribution in [0.2, 0.25) is 0 Å². The lowest BCUT2D eigenvalue weighted by atomic mass is 10.3. The Balaban J connectivity index is 2.11. The number of amides is 1. The Morgan fingerprint density at radius 3 is 3.07 bits per heavy atom. The lowest BCUT2D eigenvalue weighted by molar-refractivity contribution is -0.144. The molecule has 0 spiro atoms. The van der Waals surface area contributed by atoms with E-state index in [0.29, 0.717) is 24.5 Å². The number of nitrogens with zero attached hydrogens (tertiary/aromatic N) is 2. The largest absolute Gasteiger partial charge is 0.396 e. The average Bonchev–Trinajstić information content (AvgIpc) is 2.65. The van der Waals surface area contributed by atoms with E-state index in [2.05, 4.69) is 10.2 Å². The van der Waals surface area contributed by atoms with Gasteiger partial charge in [-0.2, -0.15) is 5.10 Å². The predicted molar refractivity (Wildman–Crippen MR) is 49.2 cm³/mol. The van der Waals surface area contributed by atoms with Gasteiger partial charge in [-0.15, -0.1) is 0 Å². The number of carbonyl (C=O) groups is 1. The molecule has 6 nitrogen and oxygen atoms in total. The van der Waals surface area contributed by atoms with Crippen molar-refractivity contribution < 1.29 is 9.63 Å². The van der Waals surface area contributed by atoms with Gasteiger partial charge in [-0.25, -0.2) is 5.06 Å². The van der Waals surface area contributed by atoms with Crippen LogP contribution >= 0.6 is 0 Å². The van der Waals surface area contributed by atoms with Crippen LogP contribution < -0.4 is 5.73 Å². The minimum atomic E-state index is -0.250. The van der Waals surface area contributed by atoms with Gasteiger partial charge in [0.05, 0.1) is 18.5 Å². The first-order chi connectivity index (χ1) is 6.79. The van der Waals surface area contributed by atoms with Crippen molar-refractivity contribution in [3.63, 3.8) is 0 Å². The number of carbonyl (C=O) groups excluding carboxylic acids is 1. The Kier molecular flexibility index (Phi) is 2.36. The van der Waals surface area contributed by atoms with Crippen LogP contribution in [-0.4, -0.2) is 34.3 Å². The topological polar surface area (TPSA) is 84.2 Å². The SMILES string of the molecule is Nc1cn[nH]c1C(=O)N1CCCCO1. The summed E-state index contributed by atoms with van der Waals surface area (Å²) in [7, 11) is 0. The molecule has 1 aliphatic heterocycles. The second-order valence-electron chi connectivity index (χ2n) is 3.15. The highest BCUT2D eigenvalue weighted by molar-refractivity contribution is 5.96. The normalized spacial score (nSPS) is 17.0. The van der Waals surface area contributed by atoms with Gasteiger partial charge in [0.2, 0.25) is 0 Å². The number of nitrogens with one attached hydrogen (secondary N) is 1. The van der Waals surface area contributed by atoms with Gasteiger partial charge >= 0.3 is 0 Å². The maximum Gasteiger partial charge on any atom is 0.297 e. The summed E-state index contributed by atoms with van der Waals surface area (Å²) in [6.45, 7) is 1.19. The van der Waals surface area contributed by atoms with Gasteiger partial charge in [0.15, 0.2) is 0 Å². The zero-order valence-corrected chi connectivity index (χ0v) is 7.69. The summed E-state index contributed by atoms with van der Waals surface area (Å²) in [5, 5.41) is 7.57. The van der Waals surface area contributed by atoms with Gasteiger partial charge in [-0.3, -0.25) is 14.7 Å². The number of aromatic amines is 1. The lowest BCUT2D eigenvalue weighted by Crippen LogP contribution is -2.36. The zero-order chi connectivity index (χ0) is 9.97. The van der Waals surface area contributed by atoms with E-state index >= 15 is 0 Å². The highest BCUT2D eigenvalue weighted by Gasteiger charge is 2.22. The van der Waals surface area contributed by atoms with Crippen molar-refractivity contribution >= 4 is 11.6 Å². The molecular weight excluding hydrogens is 184 g/mol. The van der Waals surface area contributed by atoms with Crippen LogP contribution in [0.5, 0.6) is 0 Å². The Labute approximate surface area is 81.0 Å². The molecule has 76 valence electrons. The minimum Gasteiger partial charge on any atom is -0.396 e. The van der Waals surface area contributed by atoms with Gasteiger partial charge in [0.25, 0.3) is 5.91 Å². The Hall–Kier alpha value is -1.56. The molecule has 0 aromatic carbocycles. The standard InChI is InChI=1S/C8H12N4O2/c9-6-5-10-11-7(6)8(13)12-3-1-2-4-14-12/h5H,1-4,9H2,(H,10,11). The molecule has 3 N–H and O–H groups in total. The zero-order valence-electron chi connectivity index (χ0n) is 7.69. The number of rotatable bonds is 1. The van der Waals surface area contributed by atoms with E-state index in [9.17, 15) is 4.79 Å². The first-order valence-corrected chi connectivity index (χ1v) is 4.52. The lowest BCUT2D eigenvalue weighted by Gasteiger charge is -2.25. The molecule has 0 aliphatic carbocycles. The third-order valence-electron chi connectivity index (χ3n) is 2.11. The van der Waals surface area contributed by atoms with E-state index in [4.69, 9.17) is 10.6 Å². The second kappa shape index (κ2) is 3.67. The van der Waals surface area contributed by atoms with Crippen LogP contribution in [0.15, 0.2) is 6.20 Å². The van der Waals surface area contributed by atoms with Gasteiger partial charge in [-0.1, -0.05) is 0 Å². The summed E-state index contributed by atoms with van der Waals surface area (Å²) in [6, 6.07) is 0. The molecule has 6 heteroatoms.